The molecule has 0 aromatic carbocycles. The number of hydrogen-bond acceptors (Lipinski definition) is 2. The molecule has 1 heterocycles. The fraction of sp³-hybridized carbons (Fsp3) is 0.333. The second kappa shape index (κ2) is 3.52. The fourth-order valence-electron chi connectivity index (χ4n) is 1.35. The highest BCUT2D eigenvalue weighted by Gasteiger charge is 2.33. The predicted octanol–water partition coefficient (Wildman–Crippen LogP) is 1.82. The van der Waals surface area contributed by atoms with Gasteiger partial charge in [0.1, 0.15) is 5.69 Å². The van der Waals surface area contributed by atoms with E-state index in [9.17, 15) is 18.0 Å². The van der Waals surface area contributed by atoms with Gasteiger partial charge in [-0.25, -0.2) is 4.98 Å². The van der Waals surface area contributed by atoms with E-state index in [1.807, 2.05) is 0 Å². The number of primary amides is 1. The Labute approximate surface area is 84.1 Å². The number of nitrogens with zero attached hydrogens (tertiary/aromatic N) is 1. The van der Waals surface area contributed by atoms with Crippen molar-refractivity contribution >= 4 is 5.91 Å². The quantitative estimate of drug-likeness (QED) is 0.781. The normalized spacial score (nSPS) is 11.5. The molecule has 0 aliphatic heterocycles. The molecule has 0 saturated carbocycles. The molecule has 15 heavy (non-hydrogen) atoms. The van der Waals surface area contributed by atoms with Gasteiger partial charge in [-0.1, -0.05) is 0 Å². The molecular weight excluding hydrogens is 209 g/mol. The van der Waals surface area contributed by atoms with Crippen LogP contribution >= 0.6 is 0 Å². The Kier molecular flexibility index (Phi) is 2.70. The van der Waals surface area contributed by atoms with E-state index in [0.29, 0.717) is 0 Å². The van der Waals surface area contributed by atoms with Crippen LogP contribution in [0.25, 0.3) is 0 Å². The Morgan fingerprint density at radius 2 is 1.93 bits per heavy atom. The summed E-state index contributed by atoms with van der Waals surface area (Å²) in [5.74, 6) is -0.772. The molecule has 2 N–H and O–H groups in total. The lowest BCUT2D eigenvalue weighted by Gasteiger charge is -2.10. The first-order valence-electron chi connectivity index (χ1n) is 4.08. The van der Waals surface area contributed by atoms with E-state index < -0.39 is 17.8 Å². The van der Waals surface area contributed by atoms with E-state index in [1.54, 1.807) is 0 Å². The standard InChI is InChI=1S/C9H9F3N2O/c1-4-3-6(9(10,11)12)14-5(2)7(4)8(13)15/h3H,1-2H3,(H2,13,15). The Hall–Kier alpha value is -1.59. The van der Waals surface area contributed by atoms with Crippen molar-refractivity contribution < 1.29 is 18.0 Å². The van der Waals surface area contributed by atoms with Crippen molar-refractivity contribution in [3.8, 4) is 0 Å². The summed E-state index contributed by atoms with van der Waals surface area (Å²) in [5, 5.41) is 0. The Balaban J connectivity index is 3.39. The zero-order chi connectivity index (χ0) is 11.8. The lowest BCUT2D eigenvalue weighted by atomic mass is 10.1. The average molecular weight is 218 g/mol. The summed E-state index contributed by atoms with van der Waals surface area (Å²) in [6.07, 6.45) is -4.51. The topological polar surface area (TPSA) is 56.0 Å². The fourth-order valence-corrected chi connectivity index (χ4v) is 1.35. The minimum absolute atomic E-state index is 0.00479. The summed E-state index contributed by atoms with van der Waals surface area (Å²) in [4.78, 5) is 14.2. The highest BCUT2D eigenvalue weighted by molar-refractivity contribution is 5.95. The van der Waals surface area contributed by atoms with Crippen molar-refractivity contribution in [1.29, 1.82) is 0 Å². The lowest BCUT2D eigenvalue weighted by molar-refractivity contribution is -0.141. The zero-order valence-electron chi connectivity index (χ0n) is 8.14. The van der Waals surface area contributed by atoms with Crippen molar-refractivity contribution in [2.24, 2.45) is 5.73 Å². The van der Waals surface area contributed by atoms with Crippen LogP contribution < -0.4 is 5.73 Å². The molecule has 1 aromatic heterocycles. The highest BCUT2D eigenvalue weighted by atomic mass is 19.4. The number of hydrogen-bond donors (Lipinski definition) is 1. The zero-order valence-corrected chi connectivity index (χ0v) is 8.14. The molecule has 0 bridgehead atoms. The summed E-state index contributed by atoms with van der Waals surface area (Å²) in [5.41, 5.74) is 4.23. The first-order valence-corrected chi connectivity index (χ1v) is 4.08. The number of pyridine rings is 1. The van der Waals surface area contributed by atoms with Gasteiger partial charge in [-0.05, 0) is 25.5 Å². The third-order valence-electron chi connectivity index (χ3n) is 1.93. The van der Waals surface area contributed by atoms with Crippen molar-refractivity contribution in [3.63, 3.8) is 0 Å². The van der Waals surface area contributed by atoms with Gasteiger partial charge in [0.25, 0.3) is 5.91 Å². The van der Waals surface area contributed by atoms with Crippen LogP contribution in [0.1, 0.15) is 27.3 Å². The molecule has 1 aromatic rings. The van der Waals surface area contributed by atoms with Crippen LogP contribution in [0, 0.1) is 13.8 Å². The van der Waals surface area contributed by atoms with E-state index in [1.165, 1.54) is 13.8 Å². The summed E-state index contributed by atoms with van der Waals surface area (Å²) >= 11 is 0. The number of aryl methyl sites for hydroxylation is 2. The third kappa shape index (κ3) is 2.26. The van der Waals surface area contributed by atoms with Gasteiger partial charge in [0, 0.05) is 0 Å². The number of carbonyl (C=O) groups is 1. The molecule has 1 amide bonds. The Bertz CT molecular complexity index is 389. The van der Waals surface area contributed by atoms with Crippen LogP contribution in [0.3, 0.4) is 0 Å². The molecule has 82 valence electrons. The predicted molar refractivity (Wildman–Crippen MR) is 47.2 cm³/mol. The number of alkyl halides is 3. The van der Waals surface area contributed by atoms with Crippen molar-refractivity contribution in [2.75, 3.05) is 0 Å². The van der Waals surface area contributed by atoms with Gasteiger partial charge in [-0.2, -0.15) is 13.2 Å². The number of rotatable bonds is 1. The first-order chi connectivity index (χ1) is 6.73. The molecule has 6 heteroatoms. The SMILES string of the molecule is Cc1cc(C(F)(F)F)nc(C)c1C(N)=O. The van der Waals surface area contributed by atoms with E-state index in [2.05, 4.69) is 4.98 Å². The van der Waals surface area contributed by atoms with Gasteiger partial charge in [0.2, 0.25) is 0 Å². The number of carbonyl (C=O) groups excluding carboxylic acids is 1. The van der Waals surface area contributed by atoms with Gasteiger partial charge in [0.15, 0.2) is 0 Å². The number of nitrogens with two attached hydrogens (primary N) is 1. The largest absolute Gasteiger partial charge is 0.433 e. The maximum Gasteiger partial charge on any atom is 0.433 e. The molecule has 0 spiro atoms. The van der Waals surface area contributed by atoms with Gasteiger partial charge in [-0.15, -0.1) is 0 Å². The molecule has 0 aliphatic rings. The van der Waals surface area contributed by atoms with Crippen LogP contribution in [0.15, 0.2) is 6.07 Å². The molecule has 0 unspecified atom stereocenters. The van der Waals surface area contributed by atoms with E-state index in [-0.39, 0.29) is 16.8 Å². The average Bonchev–Trinajstić information content (AvgIpc) is 1.99. The Morgan fingerprint density at radius 1 is 1.40 bits per heavy atom. The number of halogens is 3. The van der Waals surface area contributed by atoms with Gasteiger partial charge < -0.3 is 5.73 Å². The van der Waals surface area contributed by atoms with Gasteiger partial charge in [0.05, 0.1) is 11.3 Å². The molecule has 0 radical (unpaired) electrons. The molecule has 3 nitrogen and oxygen atoms in total. The van der Waals surface area contributed by atoms with Crippen molar-refractivity contribution in [1.82, 2.24) is 4.98 Å². The lowest BCUT2D eigenvalue weighted by Crippen LogP contribution is -2.18. The van der Waals surface area contributed by atoms with Crippen LogP contribution in [-0.4, -0.2) is 10.9 Å². The molecule has 0 atom stereocenters. The molecule has 0 saturated heterocycles. The minimum Gasteiger partial charge on any atom is -0.366 e. The second-order valence-corrected chi connectivity index (χ2v) is 3.15. The molecule has 0 aliphatic carbocycles. The first kappa shape index (κ1) is 11.5. The van der Waals surface area contributed by atoms with Crippen LogP contribution in [0.4, 0.5) is 13.2 Å². The van der Waals surface area contributed by atoms with E-state index >= 15 is 0 Å². The summed E-state index contributed by atoms with van der Waals surface area (Å²) in [7, 11) is 0. The minimum atomic E-state index is -4.51. The molecule has 1 rings (SSSR count). The van der Waals surface area contributed by atoms with Gasteiger partial charge in [-0.3, -0.25) is 4.79 Å². The maximum atomic E-state index is 12.3. The third-order valence-corrected chi connectivity index (χ3v) is 1.93. The van der Waals surface area contributed by atoms with E-state index in [0.717, 1.165) is 6.07 Å². The number of aromatic nitrogens is 1. The highest BCUT2D eigenvalue weighted by Crippen LogP contribution is 2.29. The van der Waals surface area contributed by atoms with Crippen LogP contribution in [-0.2, 0) is 6.18 Å². The smallest absolute Gasteiger partial charge is 0.366 e. The van der Waals surface area contributed by atoms with Crippen molar-refractivity contribution in [3.05, 3.63) is 28.6 Å². The number of amides is 1. The summed E-state index contributed by atoms with van der Waals surface area (Å²) in [6, 6.07) is 0.813. The maximum absolute atomic E-state index is 12.3. The second-order valence-electron chi connectivity index (χ2n) is 3.15. The van der Waals surface area contributed by atoms with Crippen molar-refractivity contribution in [2.45, 2.75) is 20.0 Å². The summed E-state index contributed by atoms with van der Waals surface area (Å²) in [6.45, 7) is 2.71. The van der Waals surface area contributed by atoms with Gasteiger partial charge >= 0.3 is 6.18 Å². The monoisotopic (exact) mass is 218 g/mol. The van der Waals surface area contributed by atoms with Crippen LogP contribution in [0.2, 0.25) is 0 Å². The van der Waals surface area contributed by atoms with Crippen LogP contribution in [0.5, 0.6) is 0 Å². The molecule has 0 fully saturated rings. The van der Waals surface area contributed by atoms with E-state index in [4.69, 9.17) is 5.73 Å². The Morgan fingerprint density at radius 3 is 2.27 bits per heavy atom. The summed E-state index contributed by atoms with van der Waals surface area (Å²) < 4.78 is 36.9. The molecular formula is C9H9F3N2O.